The van der Waals surface area contributed by atoms with Gasteiger partial charge in [0, 0.05) is 5.92 Å². The van der Waals surface area contributed by atoms with Crippen molar-refractivity contribution in [2.24, 2.45) is 17.8 Å². The third-order valence-electron chi connectivity index (χ3n) is 5.92. The zero-order valence-electron chi connectivity index (χ0n) is 16.3. The van der Waals surface area contributed by atoms with Crippen LogP contribution >= 0.6 is 0 Å². The van der Waals surface area contributed by atoms with E-state index >= 15 is 0 Å². The second kappa shape index (κ2) is 9.54. The number of hydrogen-bond donors (Lipinski definition) is 0. The minimum absolute atomic E-state index is 0.0716. The van der Waals surface area contributed by atoms with E-state index in [0.29, 0.717) is 25.2 Å². The molecule has 0 aromatic heterocycles. The van der Waals surface area contributed by atoms with Gasteiger partial charge >= 0.3 is 0 Å². The van der Waals surface area contributed by atoms with Gasteiger partial charge in [-0.1, -0.05) is 12.2 Å². The quantitative estimate of drug-likeness (QED) is 0.607. The number of hydrogen-bond acceptors (Lipinski definition) is 3. The molecule has 1 aliphatic carbocycles. The van der Waals surface area contributed by atoms with Gasteiger partial charge in [0.25, 0.3) is 0 Å². The van der Waals surface area contributed by atoms with E-state index in [1.165, 1.54) is 44.9 Å². The summed E-state index contributed by atoms with van der Waals surface area (Å²) in [6.07, 6.45) is 11.8. The molecule has 0 N–H and O–H groups in total. The fourth-order valence-electron chi connectivity index (χ4n) is 4.30. The lowest BCUT2D eigenvalue weighted by Crippen LogP contribution is -2.35. The van der Waals surface area contributed by atoms with E-state index in [2.05, 4.69) is 19.1 Å². The summed E-state index contributed by atoms with van der Waals surface area (Å²) in [5.74, 6) is -0.599. The molecule has 2 atom stereocenters. The van der Waals surface area contributed by atoms with E-state index in [9.17, 15) is 8.78 Å². The van der Waals surface area contributed by atoms with Gasteiger partial charge in [0.2, 0.25) is 11.6 Å². The van der Waals surface area contributed by atoms with E-state index in [1.54, 1.807) is 0 Å². The van der Waals surface area contributed by atoms with Crippen molar-refractivity contribution in [1.82, 2.24) is 0 Å². The molecule has 0 bridgehead atoms. The van der Waals surface area contributed by atoms with Crippen LogP contribution < -0.4 is 9.47 Å². The van der Waals surface area contributed by atoms with Gasteiger partial charge in [0.15, 0.2) is 11.5 Å². The second-order valence-electron chi connectivity index (χ2n) is 7.72. The molecule has 1 aliphatic heterocycles. The lowest BCUT2D eigenvalue weighted by molar-refractivity contribution is -0.0643. The summed E-state index contributed by atoms with van der Waals surface area (Å²) in [5, 5.41) is 0. The molecule has 1 aromatic carbocycles. The highest BCUT2D eigenvalue weighted by atomic mass is 19.2. The number of halogens is 2. The van der Waals surface area contributed by atoms with E-state index in [1.807, 2.05) is 0 Å². The van der Waals surface area contributed by atoms with Crippen LogP contribution in [0.25, 0.3) is 0 Å². The van der Waals surface area contributed by atoms with Crippen LogP contribution in [0.5, 0.6) is 11.5 Å². The lowest BCUT2D eigenvalue weighted by atomic mass is 9.77. The average Bonchev–Trinajstić information content (AvgIpc) is 2.70. The molecule has 5 heteroatoms. The second-order valence-corrected chi connectivity index (χ2v) is 7.72. The Balaban J connectivity index is 1.43. The molecule has 150 valence electrons. The molecule has 1 saturated carbocycles. The van der Waals surface area contributed by atoms with Gasteiger partial charge < -0.3 is 14.2 Å². The Morgan fingerprint density at radius 2 is 1.74 bits per heavy atom. The van der Waals surface area contributed by atoms with Gasteiger partial charge in [-0.05, 0) is 69.4 Å². The van der Waals surface area contributed by atoms with Crippen molar-refractivity contribution >= 4 is 0 Å². The normalized spacial score (nSPS) is 29.0. The zero-order chi connectivity index (χ0) is 19.2. The zero-order valence-corrected chi connectivity index (χ0v) is 16.3. The molecule has 3 rings (SSSR count). The van der Waals surface area contributed by atoms with E-state index in [0.717, 1.165) is 18.8 Å². The summed E-state index contributed by atoms with van der Waals surface area (Å²) in [6, 6.07) is 2.79. The standard InChI is InChI=1S/C22H30F2O3/c1-3-4-15-5-8-17(9-6-15)18-10-7-16(13-26-18)14-27-20-12-11-19(25-2)21(23)22(20)24/h3-4,11-12,15-18H,5-10,13-14H2,1-2H3. The number of ether oxygens (including phenoxy) is 3. The van der Waals surface area contributed by atoms with E-state index < -0.39 is 11.6 Å². The van der Waals surface area contributed by atoms with Crippen LogP contribution in [0.3, 0.4) is 0 Å². The fraction of sp³-hybridized carbons (Fsp3) is 0.636. The van der Waals surface area contributed by atoms with Crippen LogP contribution in [-0.4, -0.2) is 26.4 Å². The maximum atomic E-state index is 14.0. The molecule has 2 aliphatic rings. The molecular weight excluding hydrogens is 350 g/mol. The van der Waals surface area contributed by atoms with Crippen molar-refractivity contribution in [2.45, 2.75) is 51.6 Å². The van der Waals surface area contributed by atoms with Crippen LogP contribution in [-0.2, 0) is 4.74 Å². The number of allylic oxidation sites excluding steroid dienone is 2. The van der Waals surface area contributed by atoms with Crippen LogP contribution in [0.2, 0.25) is 0 Å². The topological polar surface area (TPSA) is 27.7 Å². The fourth-order valence-corrected chi connectivity index (χ4v) is 4.30. The maximum Gasteiger partial charge on any atom is 0.204 e. The van der Waals surface area contributed by atoms with Crippen LogP contribution in [0.15, 0.2) is 24.3 Å². The third-order valence-corrected chi connectivity index (χ3v) is 5.92. The lowest BCUT2D eigenvalue weighted by Gasteiger charge is -2.37. The van der Waals surface area contributed by atoms with Crippen LogP contribution in [0.1, 0.15) is 45.4 Å². The first kappa shape index (κ1) is 20.1. The highest BCUT2D eigenvalue weighted by Crippen LogP contribution is 2.36. The Morgan fingerprint density at radius 1 is 1.04 bits per heavy atom. The first-order valence-electron chi connectivity index (χ1n) is 10.0. The molecule has 1 saturated heterocycles. The van der Waals surface area contributed by atoms with E-state index in [-0.39, 0.29) is 17.4 Å². The van der Waals surface area contributed by atoms with Crippen molar-refractivity contribution in [2.75, 3.05) is 20.3 Å². The summed E-state index contributed by atoms with van der Waals surface area (Å²) in [5.41, 5.74) is 0. The van der Waals surface area contributed by atoms with Gasteiger partial charge in [-0.15, -0.1) is 0 Å². The first-order chi connectivity index (χ1) is 13.1. The van der Waals surface area contributed by atoms with Gasteiger partial charge in [-0.3, -0.25) is 0 Å². The minimum atomic E-state index is -1.01. The molecule has 1 heterocycles. The Kier molecular flexibility index (Phi) is 7.11. The third kappa shape index (κ3) is 5.01. The Morgan fingerprint density at radius 3 is 2.37 bits per heavy atom. The van der Waals surface area contributed by atoms with Crippen molar-refractivity contribution in [3.05, 3.63) is 35.9 Å². The SMILES string of the molecule is CC=CC1CCC(C2CCC(COc3ccc(OC)c(F)c3F)CO2)CC1. The molecule has 1 aromatic rings. The monoisotopic (exact) mass is 380 g/mol. The molecule has 0 spiro atoms. The van der Waals surface area contributed by atoms with Gasteiger partial charge in [-0.25, -0.2) is 0 Å². The van der Waals surface area contributed by atoms with Gasteiger partial charge in [-0.2, -0.15) is 8.78 Å². The maximum absolute atomic E-state index is 14.0. The molecule has 27 heavy (non-hydrogen) atoms. The summed E-state index contributed by atoms with van der Waals surface area (Å²) < 4.78 is 44.1. The van der Waals surface area contributed by atoms with Crippen molar-refractivity contribution in [3.63, 3.8) is 0 Å². The highest BCUT2D eigenvalue weighted by molar-refractivity contribution is 5.34. The number of benzene rings is 1. The molecule has 0 radical (unpaired) electrons. The Labute approximate surface area is 160 Å². The number of rotatable bonds is 6. The Bertz CT molecular complexity index is 631. The number of methoxy groups -OCH3 is 1. The predicted octanol–water partition coefficient (Wildman–Crippen LogP) is 5.53. The first-order valence-corrected chi connectivity index (χ1v) is 10.0. The minimum Gasteiger partial charge on any atom is -0.494 e. The van der Waals surface area contributed by atoms with Crippen LogP contribution in [0, 0.1) is 29.4 Å². The highest BCUT2D eigenvalue weighted by Gasteiger charge is 2.31. The van der Waals surface area contributed by atoms with Crippen molar-refractivity contribution in [3.8, 4) is 11.5 Å². The van der Waals surface area contributed by atoms with Crippen molar-refractivity contribution < 1.29 is 23.0 Å². The summed E-state index contributed by atoms with van der Waals surface area (Å²) in [4.78, 5) is 0. The van der Waals surface area contributed by atoms with Crippen LogP contribution in [0.4, 0.5) is 8.78 Å². The molecular formula is C22H30F2O3. The van der Waals surface area contributed by atoms with Gasteiger partial charge in [0.1, 0.15) is 0 Å². The Hall–Kier alpha value is -1.62. The average molecular weight is 380 g/mol. The predicted molar refractivity (Wildman–Crippen MR) is 101 cm³/mol. The summed E-state index contributed by atoms with van der Waals surface area (Å²) >= 11 is 0. The molecule has 0 amide bonds. The molecule has 2 unspecified atom stereocenters. The van der Waals surface area contributed by atoms with E-state index in [4.69, 9.17) is 14.2 Å². The van der Waals surface area contributed by atoms with Gasteiger partial charge in [0.05, 0.1) is 26.4 Å². The largest absolute Gasteiger partial charge is 0.494 e. The smallest absolute Gasteiger partial charge is 0.204 e. The summed E-state index contributed by atoms with van der Waals surface area (Å²) in [6.45, 7) is 3.05. The van der Waals surface area contributed by atoms with Crippen molar-refractivity contribution in [1.29, 1.82) is 0 Å². The summed E-state index contributed by atoms with van der Waals surface area (Å²) in [7, 11) is 1.31. The molecule has 3 nitrogen and oxygen atoms in total. The molecule has 2 fully saturated rings.